The molecule has 0 saturated heterocycles. The molecule has 224 valence electrons. The van der Waals surface area contributed by atoms with Gasteiger partial charge in [0.1, 0.15) is 6.04 Å². The van der Waals surface area contributed by atoms with Gasteiger partial charge in [-0.1, -0.05) is 83.5 Å². The van der Waals surface area contributed by atoms with Crippen LogP contribution in [0.3, 0.4) is 0 Å². The van der Waals surface area contributed by atoms with Crippen molar-refractivity contribution in [3.05, 3.63) is 77.9 Å². The molecule has 0 fully saturated rings. The number of hydrogen-bond donors (Lipinski definition) is 2. The average Bonchev–Trinajstić information content (AvgIpc) is 3.62. The maximum absolute atomic E-state index is 13.2. The zero-order valence-corrected chi connectivity index (χ0v) is 25.5. The zero-order valence-electron chi connectivity index (χ0n) is 25.5. The van der Waals surface area contributed by atoms with E-state index in [-0.39, 0.29) is 23.8 Å². The van der Waals surface area contributed by atoms with Gasteiger partial charge in [-0.2, -0.15) is 5.21 Å². The second kappa shape index (κ2) is 12.4. The number of carboxylic acids is 1. The summed E-state index contributed by atoms with van der Waals surface area (Å²) in [5, 5.41) is 24.8. The zero-order chi connectivity index (χ0) is 30.7. The highest BCUT2D eigenvalue weighted by atomic mass is 16.4. The predicted octanol–water partition coefficient (Wildman–Crippen LogP) is 6.59. The van der Waals surface area contributed by atoms with Crippen LogP contribution in [-0.2, 0) is 21.5 Å². The number of rotatable bonds is 11. The number of hydrogen-bond acceptors (Lipinski definition) is 6. The fourth-order valence-electron chi connectivity index (χ4n) is 6.07. The number of aromatic amines is 1. The van der Waals surface area contributed by atoms with Gasteiger partial charge in [-0.05, 0) is 64.1 Å². The fourth-order valence-corrected chi connectivity index (χ4v) is 6.07. The molecule has 9 nitrogen and oxygen atoms in total. The standard InChI is InChI=1S/C34H40N6O3/c1-6-7-12-30(41)39(31(22(2)3)33(42)43)20-23-13-15-24(16-14-23)27-19-25(17-18-26(27)32-35-37-38-36-32)40-21-34(4,5)28-10-8-9-11-29(28)40/h8-11,13-19,22,31H,6-7,12,20-21H2,1-5H3,(H,42,43)(H,35,36,37,38). The Morgan fingerprint density at radius 2 is 1.79 bits per heavy atom. The summed E-state index contributed by atoms with van der Waals surface area (Å²) in [7, 11) is 0. The Labute approximate surface area is 252 Å². The number of carboxylic acid groups (broad SMARTS) is 1. The molecular weight excluding hydrogens is 540 g/mol. The molecule has 0 saturated carbocycles. The van der Waals surface area contributed by atoms with Crippen LogP contribution in [0.5, 0.6) is 0 Å². The van der Waals surface area contributed by atoms with Gasteiger partial charge in [0, 0.05) is 41.9 Å². The molecule has 1 atom stereocenters. The molecule has 5 rings (SSSR count). The molecule has 4 aromatic rings. The molecule has 1 amide bonds. The Bertz CT molecular complexity index is 1580. The molecule has 1 aliphatic rings. The molecule has 43 heavy (non-hydrogen) atoms. The molecule has 0 bridgehead atoms. The first-order chi connectivity index (χ1) is 20.6. The molecule has 0 aliphatic carbocycles. The van der Waals surface area contributed by atoms with Crippen LogP contribution in [0.25, 0.3) is 22.5 Å². The Balaban J connectivity index is 1.50. The number of aliphatic carboxylic acids is 1. The minimum absolute atomic E-state index is 0.00891. The fraction of sp³-hybridized carbons (Fsp3) is 0.382. The lowest BCUT2D eigenvalue weighted by molar-refractivity contribution is -0.153. The van der Waals surface area contributed by atoms with Gasteiger partial charge in [0.05, 0.1) is 0 Å². The van der Waals surface area contributed by atoms with E-state index < -0.39 is 12.0 Å². The van der Waals surface area contributed by atoms with Gasteiger partial charge in [0.2, 0.25) is 11.7 Å². The van der Waals surface area contributed by atoms with E-state index in [9.17, 15) is 14.7 Å². The van der Waals surface area contributed by atoms with Crippen LogP contribution in [0, 0.1) is 5.92 Å². The normalized spacial score (nSPS) is 14.5. The Kier molecular flexibility index (Phi) is 8.62. The van der Waals surface area contributed by atoms with Crippen LogP contribution >= 0.6 is 0 Å². The predicted molar refractivity (Wildman–Crippen MR) is 168 cm³/mol. The molecular formula is C34H40N6O3. The van der Waals surface area contributed by atoms with E-state index in [2.05, 4.69) is 75.8 Å². The van der Waals surface area contributed by atoms with Gasteiger partial charge in [-0.25, -0.2) is 4.79 Å². The van der Waals surface area contributed by atoms with Crippen LogP contribution in [0.15, 0.2) is 66.7 Å². The molecule has 2 heterocycles. The summed E-state index contributed by atoms with van der Waals surface area (Å²) in [6.45, 7) is 11.3. The van der Waals surface area contributed by atoms with Crippen LogP contribution in [0.4, 0.5) is 11.4 Å². The number of H-pyrrole nitrogens is 1. The minimum Gasteiger partial charge on any atom is -0.480 e. The molecule has 9 heteroatoms. The highest BCUT2D eigenvalue weighted by molar-refractivity contribution is 5.86. The largest absolute Gasteiger partial charge is 0.480 e. The van der Waals surface area contributed by atoms with Crippen molar-refractivity contribution >= 4 is 23.3 Å². The van der Waals surface area contributed by atoms with E-state index >= 15 is 0 Å². The van der Waals surface area contributed by atoms with E-state index in [0.29, 0.717) is 12.2 Å². The summed E-state index contributed by atoms with van der Waals surface area (Å²) in [4.78, 5) is 29.2. The summed E-state index contributed by atoms with van der Waals surface area (Å²) in [5.74, 6) is -0.831. The molecule has 2 N–H and O–H groups in total. The minimum atomic E-state index is -0.982. The van der Waals surface area contributed by atoms with Crippen molar-refractivity contribution in [2.75, 3.05) is 11.4 Å². The third-order valence-corrected chi connectivity index (χ3v) is 8.28. The topological polar surface area (TPSA) is 115 Å². The first kappa shape index (κ1) is 29.9. The van der Waals surface area contributed by atoms with Crippen LogP contribution < -0.4 is 4.90 Å². The molecule has 0 radical (unpaired) electrons. The number of anilines is 2. The number of amides is 1. The Hall–Kier alpha value is -4.53. The van der Waals surface area contributed by atoms with Gasteiger partial charge < -0.3 is 14.9 Å². The van der Waals surface area contributed by atoms with Crippen molar-refractivity contribution in [2.24, 2.45) is 5.92 Å². The SMILES string of the molecule is CCCCC(=O)N(Cc1ccc(-c2cc(N3CC(C)(C)c4ccccc43)ccc2-c2nn[nH]n2)cc1)C(C(=O)O)C(C)C. The van der Waals surface area contributed by atoms with E-state index in [1.54, 1.807) is 0 Å². The van der Waals surface area contributed by atoms with Crippen molar-refractivity contribution in [2.45, 2.75) is 71.9 Å². The average molecular weight is 581 g/mol. The maximum atomic E-state index is 13.2. The van der Waals surface area contributed by atoms with Crippen molar-refractivity contribution in [3.63, 3.8) is 0 Å². The quantitative estimate of drug-likeness (QED) is 0.206. The van der Waals surface area contributed by atoms with Gasteiger partial charge in [0.25, 0.3) is 0 Å². The van der Waals surface area contributed by atoms with E-state index in [1.165, 1.54) is 16.2 Å². The molecule has 1 aliphatic heterocycles. The van der Waals surface area contributed by atoms with E-state index in [4.69, 9.17) is 0 Å². The van der Waals surface area contributed by atoms with Crippen LogP contribution in [0.1, 0.15) is 65.0 Å². The second-order valence-electron chi connectivity index (χ2n) is 12.3. The first-order valence-electron chi connectivity index (χ1n) is 15.0. The molecule has 1 aromatic heterocycles. The van der Waals surface area contributed by atoms with Crippen molar-refractivity contribution in [1.82, 2.24) is 25.5 Å². The monoisotopic (exact) mass is 580 g/mol. The molecule has 1 unspecified atom stereocenters. The number of carbonyl (C=O) groups is 2. The highest BCUT2D eigenvalue weighted by Gasteiger charge is 2.36. The van der Waals surface area contributed by atoms with Crippen LogP contribution in [0.2, 0.25) is 0 Å². The summed E-state index contributed by atoms with van der Waals surface area (Å²) >= 11 is 0. The van der Waals surface area contributed by atoms with Gasteiger partial charge >= 0.3 is 5.97 Å². The van der Waals surface area contributed by atoms with Gasteiger partial charge in [0.15, 0.2) is 0 Å². The Morgan fingerprint density at radius 1 is 1.05 bits per heavy atom. The van der Waals surface area contributed by atoms with Gasteiger partial charge in [-0.3, -0.25) is 4.79 Å². The van der Waals surface area contributed by atoms with Crippen molar-refractivity contribution in [3.8, 4) is 22.5 Å². The number of fused-ring (bicyclic) bond motifs is 1. The van der Waals surface area contributed by atoms with Crippen molar-refractivity contribution in [1.29, 1.82) is 0 Å². The lowest BCUT2D eigenvalue weighted by atomic mass is 9.87. The number of unbranched alkanes of at least 4 members (excludes halogenated alkanes) is 1. The smallest absolute Gasteiger partial charge is 0.326 e. The first-order valence-corrected chi connectivity index (χ1v) is 15.0. The number of carbonyl (C=O) groups excluding carboxylic acids is 1. The lowest BCUT2D eigenvalue weighted by Gasteiger charge is -2.32. The third-order valence-electron chi connectivity index (χ3n) is 8.28. The number of para-hydroxylation sites is 1. The van der Waals surface area contributed by atoms with E-state index in [1.807, 2.05) is 51.1 Å². The molecule has 0 spiro atoms. The summed E-state index contributed by atoms with van der Waals surface area (Å²) in [6.07, 6.45) is 1.94. The number of nitrogens with one attached hydrogen (secondary N) is 1. The molecule has 3 aromatic carbocycles. The summed E-state index contributed by atoms with van der Waals surface area (Å²) in [6, 6.07) is 21.9. The maximum Gasteiger partial charge on any atom is 0.326 e. The number of tetrazole rings is 1. The summed E-state index contributed by atoms with van der Waals surface area (Å²) in [5.41, 5.74) is 7.23. The number of aromatic nitrogens is 4. The summed E-state index contributed by atoms with van der Waals surface area (Å²) < 4.78 is 0. The third kappa shape index (κ3) is 6.16. The van der Waals surface area contributed by atoms with Crippen LogP contribution in [-0.4, -0.2) is 55.1 Å². The Morgan fingerprint density at radius 3 is 2.44 bits per heavy atom. The van der Waals surface area contributed by atoms with Crippen molar-refractivity contribution < 1.29 is 14.7 Å². The lowest BCUT2D eigenvalue weighted by Crippen LogP contribution is -2.47. The van der Waals surface area contributed by atoms with Gasteiger partial charge in [-0.15, -0.1) is 10.2 Å². The number of nitrogens with zero attached hydrogens (tertiary/aromatic N) is 5. The van der Waals surface area contributed by atoms with E-state index in [0.717, 1.165) is 47.3 Å². The highest BCUT2D eigenvalue weighted by Crippen LogP contribution is 2.45. The number of benzene rings is 3. The second-order valence-corrected chi connectivity index (χ2v) is 12.3.